The third-order valence-electron chi connectivity index (χ3n) is 2.25. The van der Waals surface area contributed by atoms with Gasteiger partial charge in [0.2, 0.25) is 5.91 Å². The number of nitrogens with one attached hydrogen (secondary N) is 1. The van der Waals surface area contributed by atoms with Gasteiger partial charge in [0.15, 0.2) is 11.6 Å². The Morgan fingerprint density at radius 2 is 2.33 bits per heavy atom. The molecule has 0 aliphatic heterocycles. The van der Waals surface area contributed by atoms with Crippen LogP contribution in [0.3, 0.4) is 0 Å². The number of benzene rings is 1. The predicted octanol–water partition coefficient (Wildman–Crippen LogP) is 2.14. The van der Waals surface area contributed by atoms with Gasteiger partial charge >= 0.3 is 0 Å². The summed E-state index contributed by atoms with van der Waals surface area (Å²) in [4.78, 5) is 11.2. The Kier molecular flexibility index (Phi) is 5.65. The lowest BCUT2D eigenvalue weighted by Gasteiger charge is -2.07. The topological polar surface area (TPSA) is 62.1 Å². The SMILES string of the molecule is CCOc1ccc(CNC(=O)CCC#N)cc1F. The van der Waals surface area contributed by atoms with E-state index >= 15 is 0 Å². The average Bonchev–Trinajstić information content (AvgIpc) is 2.37. The van der Waals surface area contributed by atoms with Gasteiger partial charge in [0.05, 0.1) is 12.7 Å². The predicted molar refractivity (Wildman–Crippen MR) is 64.3 cm³/mol. The van der Waals surface area contributed by atoms with Crippen molar-refractivity contribution in [3.05, 3.63) is 29.6 Å². The second-order valence-electron chi connectivity index (χ2n) is 3.63. The summed E-state index contributed by atoms with van der Waals surface area (Å²) in [6, 6.07) is 6.45. The molecule has 0 atom stereocenters. The minimum absolute atomic E-state index is 0.163. The number of nitrogens with zero attached hydrogens (tertiary/aromatic N) is 1. The largest absolute Gasteiger partial charge is 0.491 e. The van der Waals surface area contributed by atoms with E-state index in [0.29, 0.717) is 12.2 Å². The molecule has 0 bridgehead atoms. The van der Waals surface area contributed by atoms with Gasteiger partial charge in [0.1, 0.15) is 0 Å². The third-order valence-corrected chi connectivity index (χ3v) is 2.25. The van der Waals surface area contributed by atoms with Crippen LogP contribution in [0.2, 0.25) is 0 Å². The molecule has 1 N–H and O–H groups in total. The molecule has 0 unspecified atom stereocenters. The number of rotatable bonds is 6. The lowest BCUT2D eigenvalue weighted by molar-refractivity contribution is -0.121. The lowest BCUT2D eigenvalue weighted by Crippen LogP contribution is -2.22. The molecule has 0 radical (unpaired) electrons. The molecule has 0 saturated heterocycles. The minimum atomic E-state index is -0.444. The van der Waals surface area contributed by atoms with Crippen molar-refractivity contribution in [3.63, 3.8) is 0 Å². The molecule has 0 fully saturated rings. The molecule has 0 aliphatic rings. The van der Waals surface area contributed by atoms with Gasteiger partial charge in [0, 0.05) is 19.4 Å². The van der Waals surface area contributed by atoms with Crippen molar-refractivity contribution in [2.45, 2.75) is 26.3 Å². The van der Waals surface area contributed by atoms with Crippen LogP contribution in [0.5, 0.6) is 5.75 Å². The molecule has 1 aromatic rings. The summed E-state index contributed by atoms with van der Waals surface area (Å²) in [5.74, 6) is -0.455. The molecule has 1 rings (SSSR count). The summed E-state index contributed by atoms with van der Waals surface area (Å²) in [5, 5.41) is 10.9. The van der Waals surface area contributed by atoms with Gasteiger partial charge < -0.3 is 10.1 Å². The van der Waals surface area contributed by atoms with Crippen LogP contribution in [-0.2, 0) is 11.3 Å². The number of hydrogen-bond donors (Lipinski definition) is 1. The molecule has 0 aromatic heterocycles. The first kappa shape index (κ1) is 14.0. The Balaban J connectivity index is 2.51. The lowest BCUT2D eigenvalue weighted by atomic mass is 10.2. The van der Waals surface area contributed by atoms with Crippen LogP contribution in [-0.4, -0.2) is 12.5 Å². The van der Waals surface area contributed by atoms with Crippen LogP contribution in [0, 0.1) is 17.1 Å². The fourth-order valence-electron chi connectivity index (χ4n) is 1.39. The number of carbonyl (C=O) groups excluding carboxylic acids is 1. The molecular weight excluding hydrogens is 235 g/mol. The van der Waals surface area contributed by atoms with E-state index in [1.54, 1.807) is 13.0 Å². The normalized spacial score (nSPS) is 9.61. The van der Waals surface area contributed by atoms with Crippen LogP contribution < -0.4 is 10.1 Å². The fourth-order valence-corrected chi connectivity index (χ4v) is 1.39. The number of nitriles is 1. The van der Waals surface area contributed by atoms with E-state index < -0.39 is 5.82 Å². The highest BCUT2D eigenvalue weighted by Crippen LogP contribution is 2.18. The number of hydrogen-bond acceptors (Lipinski definition) is 3. The van der Waals surface area contributed by atoms with Crippen molar-refractivity contribution >= 4 is 5.91 Å². The summed E-state index contributed by atoms with van der Waals surface area (Å²) in [5.41, 5.74) is 0.654. The van der Waals surface area contributed by atoms with Crippen molar-refractivity contribution in [1.29, 1.82) is 5.26 Å². The van der Waals surface area contributed by atoms with E-state index in [2.05, 4.69) is 5.32 Å². The first-order valence-corrected chi connectivity index (χ1v) is 5.72. The van der Waals surface area contributed by atoms with Crippen molar-refractivity contribution in [2.75, 3.05) is 6.61 Å². The zero-order valence-corrected chi connectivity index (χ0v) is 10.2. The molecule has 1 aromatic carbocycles. The minimum Gasteiger partial charge on any atom is -0.491 e. The Morgan fingerprint density at radius 3 is 2.94 bits per heavy atom. The third kappa shape index (κ3) is 4.42. The molecule has 18 heavy (non-hydrogen) atoms. The van der Waals surface area contributed by atoms with Crippen LogP contribution >= 0.6 is 0 Å². The Labute approximate surface area is 105 Å². The van der Waals surface area contributed by atoms with E-state index in [0.717, 1.165) is 0 Å². The zero-order valence-electron chi connectivity index (χ0n) is 10.2. The number of carbonyl (C=O) groups is 1. The zero-order chi connectivity index (χ0) is 13.4. The van der Waals surface area contributed by atoms with Gasteiger partial charge in [-0.3, -0.25) is 4.79 Å². The van der Waals surface area contributed by atoms with Crippen LogP contribution in [0.25, 0.3) is 0 Å². The van der Waals surface area contributed by atoms with Crippen molar-refractivity contribution < 1.29 is 13.9 Å². The second kappa shape index (κ2) is 7.28. The maximum atomic E-state index is 13.5. The summed E-state index contributed by atoms with van der Waals surface area (Å²) >= 11 is 0. The summed E-state index contributed by atoms with van der Waals surface area (Å²) in [6.45, 7) is 2.43. The van der Waals surface area contributed by atoms with Gasteiger partial charge in [0.25, 0.3) is 0 Å². The standard InChI is InChI=1S/C13H15FN2O2/c1-2-18-12-6-5-10(8-11(12)14)9-16-13(17)4-3-7-15/h5-6,8H,2-4,9H2,1H3,(H,16,17). The van der Waals surface area contributed by atoms with Crippen LogP contribution in [0.15, 0.2) is 18.2 Å². The Bertz CT molecular complexity index is 455. The second-order valence-corrected chi connectivity index (χ2v) is 3.63. The van der Waals surface area contributed by atoms with Gasteiger partial charge in [-0.25, -0.2) is 4.39 Å². The quantitative estimate of drug-likeness (QED) is 0.841. The average molecular weight is 250 g/mol. The van der Waals surface area contributed by atoms with Gasteiger partial charge in [-0.15, -0.1) is 0 Å². The molecule has 4 nitrogen and oxygen atoms in total. The summed E-state index contributed by atoms with van der Waals surface area (Å²) in [6.07, 6.45) is 0.347. The van der Waals surface area contributed by atoms with Crippen molar-refractivity contribution in [2.24, 2.45) is 0 Å². The molecule has 0 aliphatic carbocycles. The van der Waals surface area contributed by atoms with E-state index in [4.69, 9.17) is 10.00 Å². The van der Waals surface area contributed by atoms with Crippen molar-refractivity contribution in [1.82, 2.24) is 5.32 Å². The highest BCUT2D eigenvalue weighted by atomic mass is 19.1. The van der Waals surface area contributed by atoms with Crippen molar-refractivity contribution in [3.8, 4) is 11.8 Å². The highest BCUT2D eigenvalue weighted by molar-refractivity contribution is 5.76. The molecule has 96 valence electrons. The van der Waals surface area contributed by atoms with E-state index in [1.807, 2.05) is 6.07 Å². The summed E-state index contributed by atoms with van der Waals surface area (Å²) < 4.78 is 18.6. The van der Waals surface area contributed by atoms with Gasteiger partial charge in [-0.05, 0) is 24.6 Å². The van der Waals surface area contributed by atoms with E-state index in [9.17, 15) is 9.18 Å². The van der Waals surface area contributed by atoms with E-state index in [1.165, 1.54) is 12.1 Å². The maximum Gasteiger partial charge on any atom is 0.221 e. The smallest absolute Gasteiger partial charge is 0.221 e. The fraction of sp³-hybridized carbons (Fsp3) is 0.385. The van der Waals surface area contributed by atoms with Crippen LogP contribution in [0.1, 0.15) is 25.3 Å². The molecule has 0 spiro atoms. The Hall–Kier alpha value is -2.09. The number of halogens is 1. The molecule has 5 heteroatoms. The first-order valence-electron chi connectivity index (χ1n) is 5.72. The summed E-state index contributed by atoms with van der Waals surface area (Å²) in [7, 11) is 0. The Morgan fingerprint density at radius 1 is 1.56 bits per heavy atom. The molecule has 0 saturated carbocycles. The number of ether oxygens (including phenoxy) is 1. The van der Waals surface area contributed by atoms with Gasteiger partial charge in [-0.1, -0.05) is 6.07 Å². The molecule has 0 heterocycles. The monoisotopic (exact) mass is 250 g/mol. The van der Waals surface area contributed by atoms with Crippen LogP contribution in [0.4, 0.5) is 4.39 Å². The number of amides is 1. The maximum absolute atomic E-state index is 13.5. The van der Waals surface area contributed by atoms with E-state index in [-0.39, 0.29) is 31.0 Å². The molecule has 1 amide bonds. The first-order chi connectivity index (χ1) is 8.67. The highest BCUT2D eigenvalue weighted by Gasteiger charge is 2.05. The van der Waals surface area contributed by atoms with Gasteiger partial charge in [-0.2, -0.15) is 5.26 Å². The molecular formula is C13H15FN2O2.